The van der Waals surface area contributed by atoms with Crippen LogP contribution in [0.25, 0.3) is 0 Å². The van der Waals surface area contributed by atoms with Gasteiger partial charge in [-0.1, -0.05) is 29.3 Å². The van der Waals surface area contributed by atoms with Crippen molar-refractivity contribution in [3.63, 3.8) is 0 Å². The first kappa shape index (κ1) is 16.3. The third-order valence-corrected chi connectivity index (χ3v) is 4.27. The number of ketones is 1. The molecule has 1 aromatic carbocycles. The summed E-state index contributed by atoms with van der Waals surface area (Å²) in [6.45, 7) is 7.67. The van der Waals surface area contributed by atoms with Crippen molar-refractivity contribution in [2.75, 3.05) is 0 Å². The summed E-state index contributed by atoms with van der Waals surface area (Å²) in [5, 5.41) is 9.49. The molecule has 0 fully saturated rings. The standard InChI is InChI=1S/C18H19ClN2O/c1-10-6-11(2)16(12(3)7-10)18(22)17-14(19)8-15(21(17)5)13(4)9-20/h6-8,13H,1-5H3. The average molecular weight is 315 g/mol. The Balaban J connectivity index is 2.62. The van der Waals surface area contributed by atoms with Gasteiger partial charge >= 0.3 is 0 Å². The molecule has 0 aliphatic rings. The van der Waals surface area contributed by atoms with Crippen LogP contribution in [0.1, 0.15) is 51.3 Å². The molecule has 0 bridgehead atoms. The largest absolute Gasteiger partial charge is 0.342 e. The zero-order chi connectivity index (χ0) is 16.6. The summed E-state index contributed by atoms with van der Waals surface area (Å²) < 4.78 is 1.73. The third kappa shape index (κ3) is 2.67. The van der Waals surface area contributed by atoms with E-state index in [0.29, 0.717) is 16.3 Å². The lowest BCUT2D eigenvalue weighted by Gasteiger charge is -2.13. The van der Waals surface area contributed by atoms with Crippen LogP contribution >= 0.6 is 11.6 Å². The van der Waals surface area contributed by atoms with E-state index in [1.54, 1.807) is 24.6 Å². The van der Waals surface area contributed by atoms with Crippen molar-refractivity contribution >= 4 is 17.4 Å². The molecule has 0 spiro atoms. The van der Waals surface area contributed by atoms with Crippen molar-refractivity contribution in [2.45, 2.75) is 33.6 Å². The molecule has 4 heteroatoms. The number of aryl methyl sites for hydroxylation is 3. The average Bonchev–Trinajstić information content (AvgIpc) is 2.71. The Bertz CT molecular complexity index is 773. The number of hydrogen-bond donors (Lipinski definition) is 0. The summed E-state index contributed by atoms with van der Waals surface area (Å²) in [5.74, 6) is -0.414. The van der Waals surface area contributed by atoms with Gasteiger partial charge in [0.15, 0.2) is 0 Å². The Morgan fingerprint density at radius 1 is 1.23 bits per heavy atom. The predicted octanol–water partition coefficient (Wildman–Crippen LogP) is 4.46. The van der Waals surface area contributed by atoms with Crippen LogP contribution in [0.5, 0.6) is 0 Å². The summed E-state index contributed by atoms with van der Waals surface area (Å²) in [7, 11) is 1.78. The highest BCUT2D eigenvalue weighted by Crippen LogP contribution is 2.29. The van der Waals surface area contributed by atoms with Gasteiger partial charge in [0.05, 0.1) is 17.0 Å². The van der Waals surface area contributed by atoms with Gasteiger partial charge in [0.2, 0.25) is 5.78 Å². The van der Waals surface area contributed by atoms with E-state index in [9.17, 15) is 4.79 Å². The van der Waals surface area contributed by atoms with Crippen molar-refractivity contribution in [1.82, 2.24) is 4.57 Å². The van der Waals surface area contributed by atoms with E-state index in [2.05, 4.69) is 6.07 Å². The first-order chi connectivity index (χ1) is 10.3. The van der Waals surface area contributed by atoms with Crippen LogP contribution in [0.4, 0.5) is 0 Å². The number of carbonyl (C=O) groups excluding carboxylic acids is 1. The summed E-state index contributed by atoms with van der Waals surface area (Å²) >= 11 is 6.28. The van der Waals surface area contributed by atoms with Gasteiger partial charge in [-0.3, -0.25) is 4.79 Å². The molecule has 0 aliphatic carbocycles. The van der Waals surface area contributed by atoms with E-state index in [0.717, 1.165) is 22.4 Å². The second-order valence-electron chi connectivity index (χ2n) is 5.78. The van der Waals surface area contributed by atoms with Crippen LogP contribution in [0.3, 0.4) is 0 Å². The van der Waals surface area contributed by atoms with Crippen LogP contribution in [0.2, 0.25) is 5.02 Å². The maximum Gasteiger partial charge on any atom is 0.211 e. The highest BCUT2D eigenvalue weighted by molar-refractivity contribution is 6.35. The third-order valence-electron chi connectivity index (χ3n) is 3.98. The molecule has 0 aliphatic heterocycles. The van der Waals surface area contributed by atoms with Gasteiger partial charge in [0.25, 0.3) is 0 Å². The summed E-state index contributed by atoms with van der Waals surface area (Å²) in [4.78, 5) is 13.0. The van der Waals surface area contributed by atoms with E-state index >= 15 is 0 Å². The number of rotatable bonds is 3. The minimum atomic E-state index is -0.315. The van der Waals surface area contributed by atoms with Crippen molar-refractivity contribution in [2.24, 2.45) is 7.05 Å². The molecule has 22 heavy (non-hydrogen) atoms. The number of nitrogens with zero attached hydrogens (tertiary/aromatic N) is 2. The number of hydrogen-bond acceptors (Lipinski definition) is 2. The Hall–Kier alpha value is -2.05. The van der Waals surface area contributed by atoms with E-state index in [4.69, 9.17) is 16.9 Å². The second-order valence-corrected chi connectivity index (χ2v) is 6.19. The van der Waals surface area contributed by atoms with E-state index in [-0.39, 0.29) is 11.7 Å². The molecule has 0 saturated carbocycles. The van der Waals surface area contributed by atoms with Crippen molar-refractivity contribution in [3.05, 3.63) is 56.9 Å². The van der Waals surface area contributed by atoms with E-state index in [1.165, 1.54) is 0 Å². The lowest BCUT2D eigenvalue weighted by atomic mass is 9.95. The van der Waals surface area contributed by atoms with Crippen LogP contribution in [-0.2, 0) is 7.05 Å². The minimum Gasteiger partial charge on any atom is -0.342 e. The molecule has 1 atom stereocenters. The Morgan fingerprint density at radius 3 is 2.27 bits per heavy atom. The quantitative estimate of drug-likeness (QED) is 0.785. The SMILES string of the molecule is Cc1cc(C)c(C(=O)c2c(Cl)cc(C(C)C#N)n2C)c(C)c1. The zero-order valence-corrected chi connectivity index (χ0v) is 14.2. The maximum atomic E-state index is 13.0. The van der Waals surface area contributed by atoms with Gasteiger partial charge in [-0.15, -0.1) is 0 Å². The molecule has 1 aromatic heterocycles. The van der Waals surface area contributed by atoms with Gasteiger partial charge < -0.3 is 4.57 Å². The topological polar surface area (TPSA) is 45.8 Å². The van der Waals surface area contributed by atoms with Gasteiger partial charge in [-0.25, -0.2) is 0 Å². The molecule has 2 aromatic rings. The number of carbonyl (C=O) groups is 1. The molecular formula is C18H19ClN2O. The summed E-state index contributed by atoms with van der Waals surface area (Å²) in [5.41, 5.74) is 4.88. The molecule has 2 rings (SSSR count). The second kappa shape index (κ2) is 5.98. The fourth-order valence-corrected chi connectivity index (χ4v) is 3.31. The lowest BCUT2D eigenvalue weighted by molar-refractivity contribution is 0.103. The normalized spacial score (nSPS) is 12.0. The summed E-state index contributed by atoms with van der Waals surface area (Å²) in [6, 6.07) is 7.88. The van der Waals surface area contributed by atoms with Gasteiger partial charge in [0.1, 0.15) is 5.69 Å². The fraction of sp³-hybridized carbons (Fsp3) is 0.333. The fourth-order valence-electron chi connectivity index (χ4n) is 2.98. The first-order valence-corrected chi connectivity index (χ1v) is 7.53. The van der Waals surface area contributed by atoms with Gasteiger partial charge in [-0.05, 0) is 44.9 Å². The molecule has 0 radical (unpaired) electrons. The highest BCUT2D eigenvalue weighted by atomic mass is 35.5. The molecule has 1 unspecified atom stereocenters. The van der Waals surface area contributed by atoms with Crippen LogP contribution in [-0.4, -0.2) is 10.4 Å². The zero-order valence-electron chi connectivity index (χ0n) is 13.5. The van der Waals surface area contributed by atoms with Crippen molar-refractivity contribution in [1.29, 1.82) is 5.26 Å². The molecule has 0 N–H and O–H groups in total. The number of nitriles is 1. The lowest BCUT2D eigenvalue weighted by Crippen LogP contribution is -2.13. The van der Waals surface area contributed by atoms with Crippen molar-refractivity contribution < 1.29 is 4.79 Å². The molecule has 0 saturated heterocycles. The molecule has 114 valence electrons. The monoisotopic (exact) mass is 314 g/mol. The molecule has 1 heterocycles. The summed E-state index contributed by atoms with van der Waals surface area (Å²) in [6.07, 6.45) is 0. The van der Waals surface area contributed by atoms with E-state index < -0.39 is 0 Å². The number of halogens is 1. The van der Waals surface area contributed by atoms with Crippen LogP contribution in [0, 0.1) is 32.1 Å². The predicted molar refractivity (Wildman–Crippen MR) is 88.5 cm³/mol. The van der Waals surface area contributed by atoms with Crippen molar-refractivity contribution in [3.8, 4) is 6.07 Å². The van der Waals surface area contributed by atoms with Gasteiger partial charge in [-0.2, -0.15) is 5.26 Å². The van der Waals surface area contributed by atoms with Crippen LogP contribution < -0.4 is 0 Å². The Labute approximate surface area is 136 Å². The Kier molecular flexibility index (Phi) is 4.44. The molecule has 3 nitrogen and oxygen atoms in total. The number of aromatic nitrogens is 1. The van der Waals surface area contributed by atoms with E-state index in [1.807, 2.05) is 32.9 Å². The van der Waals surface area contributed by atoms with Gasteiger partial charge in [0, 0.05) is 18.3 Å². The minimum absolute atomic E-state index is 0.0983. The first-order valence-electron chi connectivity index (χ1n) is 7.15. The molecular weight excluding hydrogens is 296 g/mol. The number of benzene rings is 1. The highest BCUT2D eigenvalue weighted by Gasteiger charge is 2.24. The van der Waals surface area contributed by atoms with Crippen LogP contribution in [0.15, 0.2) is 18.2 Å². The Morgan fingerprint density at radius 2 is 1.77 bits per heavy atom. The maximum absolute atomic E-state index is 13.0. The smallest absolute Gasteiger partial charge is 0.211 e. The molecule has 0 amide bonds.